The Balaban J connectivity index is 0.000000182. The van der Waals surface area contributed by atoms with E-state index in [4.69, 9.17) is 4.84 Å². The molecule has 2 aromatic heterocycles. The van der Waals surface area contributed by atoms with Crippen LogP contribution in [0.1, 0.15) is 186 Å². The molecule has 1 amide bonds. The van der Waals surface area contributed by atoms with Gasteiger partial charge in [-0.15, -0.1) is 0 Å². The summed E-state index contributed by atoms with van der Waals surface area (Å²) < 4.78 is 0. The number of unbranched alkanes of at least 4 members (excludes halogenated alkanes) is 1. The number of fused-ring (bicyclic) bond motifs is 10. The number of carbonyl (C=O) groups is 2. The molecule has 0 aromatic carbocycles. The second-order valence-corrected chi connectivity index (χ2v) is 24.9. The summed E-state index contributed by atoms with van der Waals surface area (Å²) in [5.74, 6) is 8.73. The Morgan fingerprint density at radius 2 is 1.07 bits per heavy atom. The summed E-state index contributed by atoms with van der Waals surface area (Å²) in [6.07, 6.45) is 23.9. The van der Waals surface area contributed by atoms with Crippen molar-refractivity contribution in [2.75, 3.05) is 14.2 Å². The van der Waals surface area contributed by atoms with Gasteiger partial charge in [0.05, 0.1) is 18.3 Å². The molecule has 8 aliphatic rings. The van der Waals surface area contributed by atoms with E-state index in [9.17, 15) is 19.8 Å². The number of hydrogen-bond donors (Lipinski definition) is 2. The van der Waals surface area contributed by atoms with E-state index in [0.29, 0.717) is 18.1 Å². The van der Waals surface area contributed by atoms with Gasteiger partial charge in [0.1, 0.15) is 5.78 Å². The van der Waals surface area contributed by atoms with Crippen LogP contribution in [0, 0.1) is 110 Å². The summed E-state index contributed by atoms with van der Waals surface area (Å²) >= 11 is 0. The van der Waals surface area contributed by atoms with Crippen molar-refractivity contribution in [1.29, 1.82) is 0 Å². The fraction of sp³-hybridized carbons (Fsp3) is 0.783. The van der Waals surface area contributed by atoms with Crippen molar-refractivity contribution in [3.8, 4) is 0 Å². The average Bonchev–Trinajstić information content (AvgIpc) is 3.85. The molecule has 8 saturated carbocycles. The first-order valence-corrected chi connectivity index (χ1v) is 27.6. The Kier molecular flexibility index (Phi) is 19.1. The standard InChI is InChI=1S/C27H39NO2.C22H37NO3.C7H9N.C4H9.Li/c1-17-5-4-6-19(28-17)15-25(29)24-10-9-23-22-8-7-18-16-26(2,30)13-11-20(18)21(22)12-14-27(23,24)3;1-21(25)11-9-15-14(13-21)5-6-17-16(15)10-12-22(2)18(17)7-8-19(22)20(24)23(3)26-4;1-6-4-3-5-7(2)8-6;1-3-4-2;/h4-6,18,20-24,30H,7-16H2,1-3H3;14-19,25H,5-13H2,1-4H3;3-5H,1-2H3;1,3-4H2,2H3;/q;;;-1;+1/t18-,20+,21-,22-,23+,24-,26-,27+;14-,15+,16-,17-,18+,19-,21-,22+;;;/m11.../s1. The molecule has 9 heteroatoms. The summed E-state index contributed by atoms with van der Waals surface area (Å²) in [7, 11) is 3.34. The summed E-state index contributed by atoms with van der Waals surface area (Å²) in [5.41, 5.74) is 3.58. The van der Waals surface area contributed by atoms with E-state index < -0.39 is 11.2 Å². The third kappa shape index (κ3) is 12.5. The largest absolute Gasteiger partial charge is 1.00 e. The zero-order valence-corrected chi connectivity index (χ0v) is 45.4. The Bertz CT molecular complexity index is 1990. The minimum absolute atomic E-state index is 0. The minimum atomic E-state index is -0.439. The molecule has 8 fully saturated rings. The predicted molar refractivity (Wildman–Crippen MR) is 274 cm³/mol. The van der Waals surface area contributed by atoms with Gasteiger partial charge in [0.15, 0.2) is 0 Å². The predicted octanol–water partition coefficient (Wildman–Crippen LogP) is 9.87. The first kappa shape index (κ1) is 56.2. The Labute approximate surface area is 431 Å². The van der Waals surface area contributed by atoms with Gasteiger partial charge in [-0.3, -0.25) is 24.4 Å². The van der Waals surface area contributed by atoms with Crippen molar-refractivity contribution in [2.45, 2.75) is 201 Å². The first-order chi connectivity index (χ1) is 32.2. The Morgan fingerprint density at radius 1 is 0.638 bits per heavy atom. The van der Waals surface area contributed by atoms with Crippen molar-refractivity contribution >= 4 is 11.7 Å². The number of aliphatic hydroxyl groups is 2. The van der Waals surface area contributed by atoms with Crippen molar-refractivity contribution < 1.29 is 43.5 Å². The van der Waals surface area contributed by atoms with Gasteiger partial charge < -0.3 is 17.1 Å². The molecule has 0 bridgehead atoms. The number of aromatic nitrogens is 2. The molecule has 0 spiro atoms. The zero-order chi connectivity index (χ0) is 49.2. The van der Waals surface area contributed by atoms with Crippen LogP contribution in [-0.2, 0) is 20.8 Å². The van der Waals surface area contributed by atoms with Crippen LogP contribution >= 0.6 is 0 Å². The molecule has 0 saturated heterocycles. The van der Waals surface area contributed by atoms with E-state index in [1.165, 1.54) is 88.5 Å². The maximum Gasteiger partial charge on any atom is 1.00 e. The maximum absolute atomic E-state index is 13.4. The van der Waals surface area contributed by atoms with Crippen LogP contribution in [0.4, 0.5) is 0 Å². The quantitative estimate of drug-likeness (QED) is 0.169. The summed E-state index contributed by atoms with van der Waals surface area (Å²) in [6, 6.07) is 12.0. The number of ketones is 1. The molecule has 0 aliphatic heterocycles. The zero-order valence-electron chi connectivity index (χ0n) is 45.4. The number of nitrogens with zero attached hydrogens (tertiary/aromatic N) is 3. The van der Waals surface area contributed by atoms with Crippen LogP contribution in [-0.4, -0.2) is 62.3 Å². The molecule has 2 aromatic rings. The summed E-state index contributed by atoms with van der Waals surface area (Å²) in [6.45, 7) is 20.6. The third-order valence-electron chi connectivity index (χ3n) is 20.4. The van der Waals surface area contributed by atoms with Gasteiger partial charge in [-0.2, -0.15) is 6.42 Å². The van der Waals surface area contributed by atoms with Crippen LogP contribution in [0.25, 0.3) is 0 Å². The molecule has 8 nitrogen and oxygen atoms in total. The minimum Gasteiger partial charge on any atom is -0.390 e. The van der Waals surface area contributed by atoms with Crippen LogP contribution in [0.3, 0.4) is 0 Å². The Hall–Kier alpha value is -2.08. The van der Waals surface area contributed by atoms with E-state index in [1.54, 1.807) is 14.2 Å². The molecule has 2 heterocycles. The smallest absolute Gasteiger partial charge is 0.390 e. The molecule has 0 unspecified atom stereocenters. The molecule has 0 radical (unpaired) electrons. The number of amides is 1. The fourth-order valence-corrected chi connectivity index (χ4v) is 17.1. The molecular weight excluding hydrogens is 850 g/mol. The van der Waals surface area contributed by atoms with Crippen LogP contribution in [0.15, 0.2) is 36.4 Å². The number of carbonyl (C=O) groups excluding carboxylic acids is 2. The van der Waals surface area contributed by atoms with Crippen molar-refractivity contribution in [2.24, 2.45) is 81.8 Å². The number of hydroxylamine groups is 2. The van der Waals surface area contributed by atoms with Crippen LogP contribution in [0.2, 0.25) is 0 Å². The number of hydrogen-bond acceptors (Lipinski definition) is 7. The number of pyridine rings is 2. The second-order valence-electron chi connectivity index (χ2n) is 24.9. The van der Waals surface area contributed by atoms with Gasteiger partial charge in [-0.1, -0.05) is 39.3 Å². The SMILES string of the molecule is CON(C)C(=O)[C@H]1CC[C@H]2[C@@H]3CC[C@@H]4C[C@](C)(O)CC[C@@H]4[C@H]3CC[C@]12C.Cc1cccc(C)n1.Cc1cccc(CC(=O)[C@H]2CC[C@H]3[C@@H]4CC[C@@H]5C[C@](C)(O)CC[C@@H]5[C@H]4CC[C@]23C)n1.[CH2-]CCC.[Li+]. The second kappa shape index (κ2) is 23.4. The third-order valence-corrected chi connectivity index (χ3v) is 20.4. The van der Waals surface area contributed by atoms with E-state index in [-0.39, 0.29) is 47.4 Å². The average molecular weight is 944 g/mol. The molecular formula is C60H94LiN3O5. The van der Waals surface area contributed by atoms with Gasteiger partial charge in [0.2, 0.25) is 5.91 Å². The van der Waals surface area contributed by atoms with Crippen LogP contribution in [0.5, 0.6) is 0 Å². The number of Topliss-reactive ketones (excluding diaryl/α,β-unsaturated/α-hetero) is 1. The first-order valence-electron chi connectivity index (χ1n) is 27.6. The van der Waals surface area contributed by atoms with E-state index >= 15 is 0 Å². The van der Waals surface area contributed by atoms with Gasteiger partial charge in [0.25, 0.3) is 0 Å². The fourth-order valence-electron chi connectivity index (χ4n) is 17.1. The number of rotatable bonds is 6. The topological polar surface area (TPSA) is 113 Å². The molecule has 2 N–H and O–H groups in total. The monoisotopic (exact) mass is 944 g/mol. The van der Waals surface area contributed by atoms with Gasteiger partial charge in [0, 0.05) is 48.1 Å². The van der Waals surface area contributed by atoms with E-state index in [1.807, 2.05) is 71.0 Å². The van der Waals surface area contributed by atoms with Gasteiger partial charge >= 0.3 is 18.9 Å². The number of aryl methyl sites for hydroxylation is 3. The van der Waals surface area contributed by atoms with Crippen molar-refractivity contribution in [1.82, 2.24) is 15.0 Å². The van der Waals surface area contributed by atoms with Crippen molar-refractivity contribution in [3.05, 3.63) is 66.1 Å². The molecule has 380 valence electrons. The summed E-state index contributed by atoms with van der Waals surface area (Å²) in [4.78, 5) is 40.2. The molecule has 10 rings (SSSR count). The van der Waals surface area contributed by atoms with Gasteiger partial charge in [-0.25, -0.2) is 5.06 Å². The van der Waals surface area contributed by atoms with E-state index in [2.05, 4.69) is 37.7 Å². The molecule has 16 atom stereocenters. The maximum atomic E-state index is 13.4. The summed E-state index contributed by atoms with van der Waals surface area (Å²) in [5, 5.41) is 22.6. The Morgan fingerprint density at radius 3 is 1.51 bits per heavy atom. The normalized spacial score (nSPS) is 40.2. The van der Waals surface area contributed by atoms with Crippen LogP contribution < -0.4 is 18.9 Å². The molecule has 69 heavy (non-hydrogen) atoms. The van der Waals surface area contributed by atoms with Crippen molar-refractivity contribution in [3.63, 3.8) is 0 Å². The van der Waals surface area contributed by atoms with E-state index in [0.717, 1.165) is 121 Å². The van der Waals surface area contributed by atoms with Gasteiger partial charge in [-0.05, 0) is 244 Å². The molecule has 8 aliphatic carbocycles.